The van der Waals surface area contributed by atoms with Crippen LogP contribution in [0.2, 0.25) is 0 Å². The topological polar surface area (TPSA) is 51.2 Å². The Hall–Kier alpha value is -1.10. The molecule has 1 aromatic heterocycles. The average molecular weight is 271 g/mol. The van der Waals surface area contributed by atoms with Crippen LogP contribution in [0, 0.1) is 0 Å². The van der Waals surface area contributed by atoms with E-state index in [-0.39, 0.29) is 12.0 Å². The fourth-order valence-electron chi connectivity index (χ4n) is 1.21. The Labute approximate surface area is 96.2 Å². The number of rotatable bonds is 3. The summed E-state index contributed by atoms with van der Waals surface area (Å²) >= 11 is 3.25. The molecule has 1 aromatic rings. The second kappa shape index (κ2) is 4.18. The van der Waals surface area contributed by atoms with Crippen LogP contribution in [0.15, 0.2) is 16.9 Å². The third-order valence-electron chi connectivity index (χ3n) is 2.14. The van der Waals surface area contributed by atoms with Gasteiger partial charge in [0.25, 0.3) is 5.91 Å². The van der Waals surface area contributed by atoms with Gasteiger partial charge in [0, 0.05) is 13.2 Å². The highest BCUT2D eigenvalue weighted by Crippen LogP contribution is 2.31. The van der Waals surface area contributed by atoms with Gasteiger partial charge in [-0.3, -0.25) is 4.79 Å². The lowest BCUT2D eigenvalue weighted by Gasteiger charge is -2.10. The first kappa shape index (κ1) is 10.4. The zero-order chi connectivity index (χ0) is 10.8. The maximum absolute atomic E-state index is 11.6. The Kier molecular flexibility index (Phi) is 2.90. The van der Waals surface area contributed by atoms with E-state index in [9.17, 15) is 4.79 Å². The van der Waals surface area contributed by atoms with Gasteiger partial charge >= 0.3 is 0 Å². The van der Waals surface area contributed by atoms with E-state index in [0.29, 0.717) is 15.9 Å². The third-order valence-corrected chi connectivity index (χ3v) is 2.74. The number of carbonyl (C=O) groups excluding carboxylic acids is 1. The van der Waals surface area contributed by atoms with Crippen molar-refractivity contribution in [1.29, 1.82) is 0 Å². The molecule has 1 aliphatic rings. The second-order valence-electron chi connectivity index (χ2n) is 3.37. The smallest absolute Gasteiger partial charge is 0.257 e. The summed E-state index contributed by atoms with van der Waals surface area (Å²) in [5, 5.41) is 2.57. The van der Waals surface area contributed by atoms with Crippen molar-refractivity contribution in [2.75, 3.05) is 7.05 Å². The minimum atomic E-state index is -0.189. The van der Waals surface area contributed by atoms with Crippen molar-refractivity contribution in [2.45, 2.75) is 18.9 Å². The molecule has 0 radical (unpaired) electrons. The summed E-state index contributed by atoms with van der Waals surface area (Å²) in [4.78, 5) is 15.6. The van der Waals surface area contributed by atoms with Crippen molar-refractivity contribution in [3.8, 4) is 5.75 Å². The van der Waals surface area contributed by atoms with Gasteiger partial charge in [0.15, 0.2) is 0 Å². The number of nitrogens with one attached hydrogen (secondary N) is 1. The van der Waals surface area contributed by atoms with E-state index in [1.807, 2.05) is 0 Å². The fraction of sp³-hybridized carbons (Fsp3) is 0.400. The van der Waals surface area contributed by atoms with Crippen molar-refractivity contribution in [3.05, 3.63) is 22.4 Å². The zero-order valence-electron chi connectivity index (χ0n) is 8.29. The highest BCUT2D eigenvalue weighted by atomic mass is 79.9. The van der Waals surface area contributed by atoms with E-state index in [4.69, 9.17) is 4.74 Å². The van der Waals surface area contributed by atoms with E-state index in [1.165, 1.54) is 0 Å². The number of halogens is 1. The second-order valence-corrected chi connectivity index (χ2v) is 4.12. The molecule has 1 saturated carbocycles. The molecule has 0 aliphatic heterocycles. The zero-order valence-corrected chi connectivity index (χ0v) is 9.87. The van der Waals surface area contributed by atoms with Gasteiger partial charge in [-0.2, -0.15) is 0 Å². The maximum atomic E-state index is 11.6. The number of hydrogen-bond donors (Lipinski definition) is 1. The lowest BCUT2D eigenvalue weighted by molar-refractivity contribution is 0.0957. The van der Waals surface area contributed by atoms with Crippen LogP contribution in [0.25, 0.3) is 0 Å². The Balaban J connectivity index is 2.33. The lowest BCUT2D eigenvalue weighted by atomic mass is 10.2. The van der Waals surface area contributed by atoms with Crippen LogP contribution in [0.1, 0.15) is 23.2 Å². The standard InChI is InChI=1S/C10H11BrN2O2/c1-12-10(14)8-7(15-6-2-3-6)4-5-13-9(8)11/h4-6H,2-3H2,1H3,(H,12,14). The fourth-order valence-corrected chi connectivity index (χ4v) is 1.71. The van der Waals surface area contributed by atoms with Crippen LogP contribution in [0.4, 0.5) is 0 Å². The van der Waals surface area contributed by atoms with E-state index in [0.717, 1.165) is 12.8 Å². The predicted octanol–water partition coefficient (Wildman–Crippen LogP) is 1.74. The van der Waals surface area contributed by atoms with E-state index < -0.39 is 0 Å². The van der Waals surface area contributed by atoms with Crippen LogP contribution in [0.3, 0.4) is 0 Å². The number of aromatic nitrogens is 1. The van der Waals surface area contributed by atoms with Gasteiger partial charge in [0.2, 0.25) is 0 Å². The van der Waals surface area contributed by atoms with Crippen molar-refractivity contribution >= 4 is 21.8 Å². The molecule has 1 heterocycles. The molecule has 1 aliphatic carbocycles. The van der Waals surface area contributed by atoms with Gasteiger partial charge < -0.3 is 10.1 Å². The van der Waals surface area contributed by atoms with Crippen molar-refractivity contribution in [3.63, 3.8) is 0 Å². The molecule has 15 heavy (non-hydrogen) atoms. The van der Waals surface area contributed by atoms with E-state index >= 15 is 0 Å². The summed E-state index contributed by atoms with van der Waals surface area (Å²) in [6.07, 6.45) is 4.01. The molecule has 0 atom stereocenters. The van der Waals surface area contributed by atoms with Gasteiger partial charge in [-0.05, 0) is 34.8 Å². The Morgan fingerprint density at radius 1 is 1.67 bits per heavy atom. The third kappa shape index (κ3) is 2.28. The van der Waals surface area contributed by atoms with Crippen LogP contribution in [-0.4, -0.2) is 24.0 Å². The normalized spacial score (nSPS) is 14.8. The number of hydrogen-bond acceptors (Lipinski definition) is 3. The number of pyridine rings is 1. The van der Waals surface area contributed by atoms with E-state index in [1.54, 1.807) is 19.3 Å². The van der Waals surface area contributed by atoms with E-state index in [2.05, 4.69) is 26.2 Å². The lowest BCUT2D eigenvalue weighted by Crippen LogP contribution is -2.20. The largest absolute Gasteiger partial charge is 0.489 e. The van der Waals surface area contributed by atoms with Crippen molar-refractivity contribution < 1.29 is 9.53 Å². The summed E-state index contributed by atoms with van der Waals surface area (Å²) < 4.78 is 6.14. The molecule has 0 saturated heterocycles. The minimum Gasteiger partial charge on any atom is -0.489 e. The summed E-state index contributed by atoms with van der Waals surface area (Å²) in [6.45, 7) is 0. The molecule has 80 valence electrons. The Bertz CT molecular complexity index is 391. The van der Waals surface area contributed by atoms with Gasteiger partial charge in [0.1, 0.15) is 15.9 Å². The molecular formula is C10H11BrN2O2. The first-order chi connectivity index (χ1) is 7.22. The Morgan fingerprint density at radius 3 is 3.00 bits per heavy atom. The molecule has 1 amide bonds. The molecule has 1 N–H and O–H groups in total. The van der Waals surface area contributed by atoms with Crippen LogP contribution in [0.5, 0.6) is 5.75 Å². The molecule has 0 aromatic carbocycles. The first-order valence-electron chi connectivity index (χ1n) is 4.75. The van der Waals surface area contributed by atoms with Crippen LogP contribution in [-0.2, 0) is 0 Å². The predicted molar refractivity (Wildman–Crippen MR) is 59.0 cm³/mol. The monoisotopic (exact) mass is 270 g/mol. The van der Waals surface area contributed by atoms with Gasteiger partial charge in [-0.25, -0.2) is 4.98 Å². The SMILES string of the molecule is CNC(=O)c1c(OC2CC2)ccnc1Br. The average Bonchev–Trinajstić information content (AvgIpc) is 3.01. The molecule has 0 bridgehead atoms. The molecule has 0 unspecified atom stereocenters. The quantitative estimate of drug-likeness (QED) is 0.852. The number of nitrogens with zero attached hydrogens (tertiary/aromatic N) is 1. The van der Waals surface area contributed by atoms with Gasteiger partial charge in [0.05, 0.1) is 6.10 Å². The molecule has 1 fully saturated rings. The summed E-state index contributed by atoms with van der Waals surface area (Å²) in [7, 11) is 1.59. The van der Waals surface area contributed by atoms with Crippen LogP contribution >= 0.6 is 15.9 Å². The van der Waals surface area contributed by atoms with Gasteiger partial charge in [-0.1, -0.05) is 0 Å². The van der Waals surface area contributed by atoms with Crippen LogP contribution < -0.4 is 10.1 Å². The summed E-state index contributed by atoms with van der Waals surface area (Å²) in [6, 6.07) is 1.72. The summed E-state index contributed by atoms with van der Waals surface area (Å²) in [5.74, 6) is 0.407. The summed E-state index contributed by atoms with van der Waals surface area (Å²) in [5.41, 5.74) is 0.465. The first-order valence-corrected chi connectivity index (χ1v) is 5.55. The minimum absolute atomic E-state index is 0.189. The molecule has 4 nitrogen and oxygen atoms in total. The highest BCUT2D eigenvalue weighted by Gasteiger charge is 2.26. The molecular weight excluding hydrogens is 260 g/mol. The Morgan fingerprint density at radius 2 is 2.40 bits per heavy atom. The molecule has 2 rings (SSSR count). The number of carbonyl (C=O) groups is 1. The van der Waals surface area contributed by atoms with Crippen molar-refractivity contribution in [1.82, 2.24) is 10.3 Å². The number of ether oxygens (including phenoxy) is 1. The highest BCUT2D eigenvalue weighted by molar-refractivity contribution is 9.10. The molecule has 0 spiro atoms. The molecule has 5 heteroatoms. The van der Waals surface area contributed by atoms with Gasteiger partial charge in [-0.15, -0.1) is 0 Å². The number of amides is 1. The maximum Gasteiger partial charge on any atom is 0.257 e. The van der Waals surface area contributed by atoms with Crippen molar-refractivity contribution in [2.24, 2.45) is 0 Å².